The lowest BCUT2D eigenvalue weighted by Gasteiger charge is -2.45. The van der Waals surface area contributed by atoms with Gasteiger partial charge in [0.25, 0.3) is 0 Å². The van der Waals surface area contributed by atoms with Crippen LogP contribution in [0.5, 0.6) is 0 Å². The van der Waals surface area contributed by atoms with Gasteiger partial charge in [-0.2, -0.15) is 0 Å². The van der Waals surface area contributed by atoms with E-state index in [1.807, 2.05) is 0 Å². The Hall–Kier alpha value is -0.120. The summed E-state index contributed by atoms with van der Waals surface area (Å²) < 4.78 is 5.17. The first-order valence-corrected chi connectivity index (χ1v) is 6.27. The summed E-state index contributed by atoms with van der Waals surface area (Å²) in [6.07, 6.45) is 2.24. The molecule has 3 atom stereocenters. The second-order valence-electron chi connectivity index (χ2n) is 5.13. The smallest absolute Gasteiger partial charge is 0.0465 e. The molecule has 0 amide bonds. The second-order valence-corrected chi connectivity index (χ2v) is 5.13. The summed E-state index contributed by atoms with van der Waals surface area (Å²) in [5.74, 6) is 0.609. The van der Waals surface area contributed by atoms with Gasteiger partial charge in [0.05, 0.1) is 0 Å². The van der Waals surface area contributed by atoms with Crippen LogP contribution in [-0.2, 0) is 4.74 Å². The Morgan fingerprint density at radius 2 is 1.94 bits per heavy atom. The highest BCUT2D eigenvalue weighted by Crippen LogP contribution is 2.27. The first kappa shape index (κ1) is 15.9. The van der Waals surface area contributed by atoms with E-state index in [9.17, 15) is 0 Å². The molecule has 3 heteroatoms. The van der Waals surface area contributed by atoms with Crippen LogP contribution < -0.4 is 5.32 Å². The summed E-state index contributed by atoms with van der Waals surface area (Å²) in [6.45, 7) is 7.73. The molecule has 3 nitrogen and oxygen atoms in total. The molecule has 0 saturated heterocycles. The van der Waals surface area contributed by atoms with Crippen molar-refractivity contribution in [2.45, 2.75) is 45.2 Å². The maximum Gasteiger partial charge on any atom is 0.0465 e. The topological polar surface area (TPSA) is 24.5 Å². The van der Waals surface area contributed by atoms with E-state index in [1.165, 1.54) is 0 Å². The number of nitrogens with zero attached hydrogens (tertiary/aromatic N) is 1. The van der Waals surface area contributed by atoms with Crippen LogP contribution in [0.15, 0.2) is 0 Å². The summed E-state index contributed by atoms with van der Waals surface area (Å²) in [5, 5.41) is 3.49. The van der Waals surface area contributed by atoms with Gasteiger partial charge in [0.1, 0.15) is 0 Å². The molecule has 0 aliphatic heterocycles. The Morgan fingerprint density at radius 3 is 2.25 bits per heavy atom. The fraction of sp³-hybridized carbons (Fsp3) is 1.00. The summed E-state index contributed by atoms with van der Waals surface area (Å²) in [7, 11) is 8.16. The Labute approximate surface area is 102 Å². The van der Waals surface area contributed by atoms with Gasteiger partial charge in [-0.25, -0.2) is 0 Å². The minimum absolute atomic E-state index is 0.196. The van der Waals surface area contributed by atoms with Crippen LogP contribution in [0.2, 0.25) is 0 Å². The van der Waals surface area contributed by atoms with Gasteiger partial charge in [-0.15, -0.1) is 0 Å². The highest BCUT2D eigenvalue weighted by Gasteiger charge is 2.36. The fourth-order valence-electron chi connectivity index (χ4n) is 2.49. The summed E-state index contributed by atoms with van der Waals surface area (Å²) in [4.78, 5) is 2.33. The second kappa shape index (κ2) is 7.25. The lowest BCUT2D eigenvalue weighted by Crippen LogP contribution is -2.58. The SMILES string of the molecule is CCC(C)(C(NC)C(C)CCOC)N(C)C. The Kier molecular flexibility index (Phi) is 7.20. The molecule has 16 heavy (non-hydrogen) atoms. The van der Waals surface area contributed by atoms with Gasteiger partial charge in [0.2, 0.25) is 0 Å². The van der Waals surface area contributed by atoms with Crippen molar-refractivity contribution < 1.29 is 4.74 Å². The number of methoxy groups -OCH3 is 1. The minimum Gasteiger partial charge on any atom is -0.385 e. The standard InChI is InChI=1S/C13H30N2O/c1-8-13(3,15(5)6)12(14-4)11(2)9-10-16-7/h11-12,14H,8-10H2,1-7H3. The average molecular weight is 230 g/mol. The van der Waals surface area contributed by atoms with Gasteiger partial charge in [-0.1, -0.05) is 13.8 Å². The highest BCUT2D eigenvalue weighted by molar-refractivity contribution is 4.96. The molecule has 3 unspecified atom stereocenters. The van der Waals surface area contributed by atoms with Crippen LogP contribution in [0, 0.1) is 5.92 Å². The van der Waals surface area contributed by atoms with Gasteiger partial charge >= 0.3 is 0 Å². The van der Waals surface area contributed by atoms with E-state index in [0.717, 1.165) is 19.4 Å². The molecule has 0 aromatic carbocycles. The molecule has 0 aromatic rings. The first-order valence-electron chi connectivity index (χ1n) is 6.27. The van der Waals surface area contributed by atoms with E-state index >= 15 is 0 Å². The maximum atomic E-state index is 5.17. The Balaban J connectivity index is 4.66. The van der Waals surface area contributed by atoms with E-state index in [0.29, 0.717) is 12.0 Å². The predicted octanol–water partition coefficient (Wildman–Crippen LogP) is 1.98. The number of hydrogen-bond acceptors (Lipinski definition) is 3. The molecule has 0 spiro atoms. The molecule has 0 bridgehead atoms. The van der Waals surface area contributed by atoms with E-state index in [-0.39, 0.29) is 5.54 Å². The molecular formula is C13H30N2O. The number of hydrogen-bond donors (Lipinski definition) is 1. The molecule has 0 aliphatic rings. The van der Waals surface area contributed by atoms with Crippen LogP contribution in [0.4, 0.5) is 0 Å². The van der Waals surface area contributed by atoms with Crippen molar-refractivity contribution in [2.24, 2.45) is 5.92 Å². The molecule has 1 N–H and O–H groups in total. The van der Waals surface area contributed by atoms with Crippen molar-refractivity contribution >= 4 is 0 Å². The van der Waals surface area contributed by atoms with Crippen molar-refractivity contribution in [1.82, 2.24) is 10.2 Å². The molecule has 0 heterocycles. The zero-order chi connectivity index (χ0) is 12.8. The third kappa shape index (κ3) is 3.72. The molecule has 0 aromatic heterocycles. The zero-order valence-corrected chi connectivity index (χ0v) is 12.1. The molecule has 0 aliphatic carbocycles. The van der Waals surface area contributed by atoms with Crippen molar-refractivity contribution in [3.05, 3.63) is 0 Å². The lowest BCUT2D eigenvalue weighted by atomic mass is 9.79. The van der Waals surface area contributed by atoms with Crippen molar-refractivity contribution in [3.63, 3.8) is 0 Å². The monoisotopic (exact) mass is 230 g/mol. The highest BCUT2D eigenvalue weighted by atomic mass is 16.5. The third-order valence-electron chi connectivity index (χ3n) is 4.06. The summed E-state index contributed by atoms with van der Waals surface area (Å²) in [5.41, 5.74) is 0.196. The van der Waals surface area contributed by atoms with Crippen LogP contribution >= 0.6 is 0 Å². The zero-order valence-electron chi connectivity index (χ0n) is 12.1. The molecular weight excluding hydrogens is 200 g/mol. The molecule has 0 rings (SSSR count). The molecule has 0 saturated carbocycles. The Bertz CT molecular complexity index is 185. The van der Waals surface area contributed by atoms with Crippen LogP contribution in [0.3, 0.4) is 0 Å². The largest absolute Gasteiger partial charge is 0.385 e. The average Bonchev–Trinajstić information content (AvgIpc) is 2.26. The van der Waals surface area contributed by atoms with E-state index in [1.54, 1.807) is 7.11 Å². The van der Waals surface area contributed by atoms with Crippen molar-refractivity contribution in [2.75, 3.05) is 34.9 Å². The van der Waals surface area contributed by atoms with E-state index < -0.39 is 0 Å². The maximum absolute atomic E-state index is 5.17. The van der Waals surface area contributed by atoms with Gasteiger partial charge in [0, 0.05) is 25.3 Å². The molecule has 0 fully saturated rings. The van der Waals surface area contributed by atoms with Gasteiger partial charge in [0.15, 0.2) is 0 Å². The quantitative estimate of drug-likeness (QED) is 0.690. The fourth-order valence-corrected chi connectivity index (χ4v) is 2.49. The molecule has 0 radical (unpaired) electrons. The normalized spacial score (nSPS) is 19.5. The minimum atomic E-state index is 0.196. The van der Waals surface area contributed by atoms with Crippen LogP contribution in [0.25, 0.3) is 0 Å². The van der Waals surface area contributed by atoms with E-state index in [2.05, 4.69) is 52.1 Å². The van der Waals surface area contributed by atoms with Crippen molar-refractivity contribution in [3.8, 4) is 0 Å². The summed E-state index contributed by atoms with van der Waals surface area (Å²) >= 11 is 0. The van der Waals surface area contributed by atoms with E-state index in [4.69, 9.17) is 4.74 Å². The number of likely N-dealkylation sites (N-methyl/N-ethyl adjacent to an activating group) is 2. The molecule has 98 valence electrons. The van der Waals surface area contributed by atoms with Gasteiger partial charge < -0.3 is 15.0 Å². The summed E-state index contributed by atoms with van der Waals surface area (Å²) in [6, 6.07) is 0.489. The van der Waals surface area contributed by atoms with Crippen LogP contribution in [0.1, 0.15) is 33.6 Å². The number of ether oxygens (including phenoxy) is 1. The van der Waals surface area contributed by atoms with Crippen LogP contribution in [-0.4, -0.2) is 51.3 Å². The van der Waals surface area contributed by atoms with Crippen molar-refractivity contribution in [1.29, 1.82) is 0 Å². The number of rotatable bonds is 8. The first-order chi connectivity index (χ1) is 7.43. The van der Waals surface area contributed by atoms with Gasteiger partial charge in [-0.3, -0.25) is 0 Å². The predicted molar refractivity (Wildman–Crippen MR) is 70.9 cm³/mol. The lowest BCUT2D eigenvalue weighted by molar-refractivity contribution is 0.0755. The third-order valence-corrected chi connectivity index (χ3v) is 4.06. The number of nitrogens with one attached hydrogen (secondary N) is 1. The van der Waals surface area contributed by atoms with Gasteiger partial charge in [-0.05, 0) is 46.8 Å². The Morgan fingerprint density at radius 1 is 1.38 bits per heavy atom.